The Morgan fingerprint density at radius 3 is 2.34 bits per heavy atom. The van der Waals surface area contributed by atoms with Crippen LogP contribution in [0.4, 0.5) is 0 Å². The molecule has 1 aliphatic heterocycles. The Morgan fingerprint density at radius 2 is 1.66 bits per heavy atom. The minimum absolute atomic E-state index is 0.0660. The van der Waals surface area contributed by atoms with Gasteiger partial charge in [-0.2, -0.15) is 0 Å². The van der Waals surface area contributed by atoms with Crippen molar-refractivity contribution in [1.29, 1.82) is 0 Å². The second-order valence-electron chi connectivity index (χ2n) is 12.8. The lowest BCUT2D eigenvalue weighted by Gasteiger charge is -2.55. The number of hydrogen-bond donors (Lipinski definition) is 1. The molecule has 4 fully saturated rings. The van der Waals surface area contributed by atoms with Gasteiger partial charge in [0.2, 0.25) is 8.32 Å². The molecule has 1 heterocycles. The van der Waals surface area contributed by atoms with Crippen LogP contribution in [0.1, 0.15) is 79.6 Å². The fraction of sp³-hybridized carbons (Fsp3) is 1.00. The lowest BCUT2D eigenvalue weighted by Crippen LogP contribution is -2.52. The van der Waals surface area contributed by atoms with Crippen molar-refractivity contribution < 1.29 is 19.3 Å². The molecule has 1 saturated heterocycles. The van der Waals surface area contributed by atoms with Crippen molar-refractivity contribution in [2.45, 2.75) is 110 Å². The maximum Gasteiger partial charge on any atom is 0.238 e. The molecule has 4 rings (SSSR count). The van der Waals surface area contributed by atoms with Gasteiger partial charge < -0.3 is 9.84 Å². The van der Waals surface area contributed by atoms with Gasteiger partial charge in [0.05, 0.1) is 12.2 Å². The van der Waals surface area contributed by atoms with E-state index in [1.807, 2.05) is 6.92 Å². The Balaban J connectivity index is 1.44. The monoisotopic (exact) mass is 424 g/mol. The molecule has 168 valence electrons. The molecular weight excluding hydrogens is 380 g/mol. The zero-order chi connectivity index (χ0) is 21.2. The Hall–Kier alpha value is 0.0569. The molecule has 4 aliphatic rings. The summed E-state index contributed by atoms with van der Waals surface area (Å²) in [5, 5.41) is 10.7. The van der Waals surface area contributed by atoms with Crippen LogP contribution >= 0.6 is 0 Å². The van der Waals surface area contributed by atoms with Crippen LogP contribution in [0.15, 0.2) is 0 Å². The second kappa shape index (κ2) is 7.30. The molecule has 0 aromatic carbocycles. The first kappa shape index (κ1) is 22.3. The fourth-order valence-corrected chi connectivity index (χ4v) is 7.42. The molecule has 0 radical (unpaired) electrons. The first-order chi connectivity index (χ1) is 13.3. The third-order valence-electron chi connectivity index (χ3n) is 9.79. The van der Waals surface area contributed by atoms with Gasteiger partial charge in [0, 0.05) is 5.41 Å². The summed E-state index contributed by atoms with van der Waals surface area (Å²) in [7, 11) is -1.96. The molecule has 0 amide bonds. The van der Waals surface area contributed by atoms with E-state index in [-0.39, 0.29) is 16.7 Å². The van der Waals surface area contributed by atoms with Crippen LogP contribution in [0.2, 0.25) is 18.1 Å². The van der Waals surface area contributed by atoms with Crippen LogP contribution in [0.3, 0.4) is 0 Å². The highest BCUT2D eigenvalue weighted by atomic mass is 28.4. The van der Waals surface area contributed by atoms with Crippen LogP contribution < -0.4 is 0 Å². The highest BCUT2D eigenvalue weighted by molar-refractivity contribution is 6.73. The van der Waals surface area contributed by atoms with E-state index in [0.717, 1.165) is 43.1 Å². The summed E-state index contributed by atoms with van der Waals surface area (Å²) in [6.45, 7) is 16.4. The van der Waals surface area contributed by atoms with Crippen molar-refractivity contribution in [3.05, 3.63) is 0 Å². The molecule has 5 heteroatoms. The largest absolute Gasteiger partial charge is 0.390 e. The lowest BCUT2D eigenvalue weighted by molar-refractivity contribution is -0.343. The quantitative estimate of drug-likeness (QED) is 0.348. The molecule has 0 aromatic rings. The summed E-state index contributed by atoms with van der Waals surface area (Å²) < 4.78 is 12.4. The number of aliphatic hydroxyl groups is 1. The van der Waals surface area contributed by atoms with Crippen molar-refractivity contribution in [3.63, 3.8) is 0 Å². The third kappa shape index (κ3) is 3.88. The van der Waals surface area contributed by atoms with Crippen LogP contribution in [-0.2, 0) is 14.2 Å². The Bertz CT molecular complexity index is 612. The van der Waals surface area contributed by atoms with Gasteiger partial charge in [-0.1, -0.05) is 27.7 Å². The number of ether oxygens (including phenoxy) is 1. The molecule has 29 heavy (non-hydrogen) atoms. The van der Waals surface area contributed by atoms with Crippen LogP contribution in [0.25, 0.3) is 0 Å². The first-order valence-corrected chi connectivity index (χ1v) is 14.9. The van der Waals surface area contributed by atoms with E-state index in [0.29, 0.717) is 5.92 Å². The average Bonchev–Trinajstić information content (AvgIpc) is 2.94. The lowest BCUT2D eigenvalue weighted by atomic mass is 9.49. The zero-order valence-electron chi connectivity index (χ0n) is 19.8. The maximum absolute atomic E-state index is 10.6. The topological polar surface area (TPSA) is 47.9 Å². The van der Waals surface area contributed by atoms with Gasteiger partial charge in [-0.3, -0.25) is 4.58 Å². The summed E-state index contributed by atoms with van der Waals surface area (Å²) >= 11 is 0. The van der Waals surface area contributed by atoms with Crippen LogP contribution in [-0.4, -0.2) is 31.9 Å². The predicted molar refractivity (Wildman–Crippen MR) is 118 cm³/mol. The summed E-state index contributed by atoms with van der Waals surface area (Å²) in [6.07, 6.45) is 7.98. The van der Waals surface area contributed by atoms with E-state index in [9.17, 15) is 5.11 Å². The van der Waals surface area contributed by atoms with E-state index in [1.54, 1.807) is 0 Å². The van der Waals surface area contributed by atoms with Crippen LogP contribution in [0, 0.1) is 35.0 Å². The first-order valence-electron chi connectivity index (χ1n) is 12.0. The predicted octanol–water partition coefficient (Wildman–Crippen LogP) is 5.91. The molecule has 0 spiro atoms. The zero-order valence-corrected chi connectivity index (χ0v) is 20.8. The van der Waals surface area contributed by atoms with E-state index < -0.39 is 13.9 Å². The fourth-order valence-electron chi connectivity index (χ4n) is 6.84. The van der Waals surface area contributed by atoms with Crippen molar-refractivity contribution >= 4 is 8.32 Å². The number of hydrogen-bond acceptors (Lipinski definition) is 4. The number of rotatable bonds is 3. The molecule has 3 aliphatic carbocycles. The van der Waals surface area contributed by atoms with Crippen molar-refractivity contribution in [3.8, 4) is 0 Å². The van der Waals surface area contributed by atoms with Crippen molar-refractivity contribution in [1.82, 2.24) is 0 Å². The van der Waals surface area contributed by atoms with E-state index in [1.165, 1.54) is 32.1 Å². The van der Waals surface area contributed by atoms with Gasteiger partial charge in [0.15, 0.2) is 6.29 Å². The molecule has 4 nitrogen and oxygen atoms in total. The maximum atomic E-state index is 10.6. The Kier molecular flexibility index (Phi) is 5.60. The molecule has 3 saturated carbocycles. The Labute approximate surface area is 179 Å². The SMILES string of the molecule is CC(C)(C)[Si](C)(C)OO[C@@H]1OC[C@H]2[C@@H]3CC[C@@H]4C[C@](C)(O)CC[C@@H]4[C@H]3CC[C@]12C. The molecule has 0 aromatic heterocycles. The molecule has 0 bridgehead atoms. The summed E-state index contributed by atoms with van der Waals surface area (Å²) in [6, 6.07) is 0. The van der Waals surface area contributed by atoms with Crippen LogP contribution in [0.5, 0.6) is 0 Å². The van der Waals surface area contributed by atoms with Gasteiger partial charge in [-0.15, -0.1) is 0 Å². The van der Waals surface area contributed by atoms with E-state index in [4.69, 9.17) is 14.2 Å². The Morgan fingerprint density at radius 1 is 0.966 bits per heavy atom. The molecular formula is C24H44O4Si. The normalized spacial score (nSPS) is 48.0. The molecule has 8 atom stereocenters. The van der Waals surface area contributed by atoms with Crippen molar-refractivity contribution in [2.75, 3.05) is 6.61 Å². The highest BCUT2D eigenvalue weighted by Crippen LogP contribution is 2.61. The van der Waals surface area contributed by atoms with Gasteiger partial charge >= 0.3 is 0 Å². The standard InChI is InChI=1S/C24H44O4Si/c1-22(2,3)29(6,7)28-27-21-24(5)13-11-18-17-10-12-23(4,25)14-16(17)8-9-19(18)20(24)15-26-21/h16-21,25H,8-15H2,1-7H3/t16-,17+,18-,19-,20+,21+,23-,24+/m1/s1. The molecule has 1 N–H and O–H groups in total. The smallest absolute Gasteiger partial charge is 0.238 e. The highest BCUT2D eigenvalue weighted by Gasteiger charge is 2.59. The summed E-state index contributed by atoms with van der Waals surface area (Å²) in [5.41, 5.74) is -0.371. The average molecular weight is 425 g/mol. The second-order valence-corrected chi connectivity index (χ2v) is 17.5. The van der Waals surface area contributed by atoms with Gasteiger partial charge in [-0.05, 0) is 99.6 Å². The third-order valence-corrected chi connectivity index (χ3v) is 13.9. The molecule has 0 unspecified atom stereocenters. The minimum atomic E-state index is -1.96. The minimum Gasteiger partial charge on any atom is -0.390 e. The summed E-state index contributed by atoms with van der Waals surface area (Å²) in [5.74, 6) is 3.67. The van der Waals surface area contributed by atoms with Crippen molar-refractivity contribution in [2.24, 2.45) is 35.0 Å². The number of fused-ring (bicyclic) bond motifs is 5. The van der Waals surface area contributed by atoms with E-state index >= 15 is 0 Å². The summed E-state index contributed by atoms with van der Waals surface area (Å²) in [4.78, 5) is 6.09. The van der Waals surface area contributed by atoms with Gasteiger partial charge in [0.1, 0.15) is 0 Å². The van der Waals surface area contributed by atoms with Gasteiger partial charge in [0.25, 0.3) is 0 Å². The van der Waals surface area contributed by atoms with Gasteiger partial charge in [-0.25, -0.2) is 4.89 Å². The van der Waals surface area contributed by atoms with E-state index in [2.05, 4.69) is 40.8 Å².